The third kappa shape index (κ3) is 5.37. The van der Waals surface area contributed by atoms with Crippen LogP contribution in [-0.4, -0.2) is 40.1 Å². The molecule has 2 aromatic rings. The number of methoxy groups -OCH3 is 3. The van der Waals surface area contributed by atoms with E-state index >= 15 is 0 Å². The maximum atomic E-state index is 11.9. The molecule has 2 aromatic carbocycles. The first-order chi connectivity index (χ1) is 13.0. The highest BCUT2D eigenvalue weighted by Crippen LogP contribution is 2.37. The molecule has 0 spiro atoms. The second-order valence-corrected chi connectivity index (χ2v) is 5.81. The van der Waals surface area contributed by atoms with E-state index in [9.17, 15) is 4.79 Å². The van der Waals surface area contributed by atoms with Gasteiger partial charge in [-0.15, -0.1) is 0 Å². The predicted molar refractivity (Wildman–Crippen MR) is 103 cm³/mol. The summed E-state index contributed by atoms with van der Waals surface area (Å²) in [4.78, 5) is 11.9. The molecule has 0 heterocycles. The topological polar surface area (TPSA) is 78.4 Å². The van der Waals surface area contributed by atoms with Crippen molar-refractivity contribution in [1.29, 1.82) is 0 Å². The number of aryl methyl sites for hydroxylation is 2. The summed E-state index contributed by atoms with van der Waals surface area (Å²) in [5.74, 6) is 1.80. The first-order valence-electron chi connectivity index (χ1n) is 8.30. The highest BCUT2D eigenvalue weighted by Gasteiger charge is 2.12. The van der Waals surface area contributed by atoms with Crippen molar-refractivity contribution in [2.24, 2.45) is 5.10 Å². The van der Waals surface area contributed by atoms with Crippen molar-refractivity contribution in [3.05, 3.63) is 47.0 Å². The zero-order valence-electron chi connectivity index (χ0n) is 16.2. The molecule has 0 saturated carbocycles. The Bertz CT molecular complexity index is 808. The summed E-state index contributed by atoms with van der Waals surface area (Å²) >= 11 is 0. The summed E-state index contributed by atoms with van der Waals surface area (Å²) in [5, 5.41) is 3.94. The molecule has 144 valence electrons. The molecule has 0 atom stereocenters. The first-order valence-corrected chi connectivity index (χ1v) is 8.30. The number of hydrazone groups is 1. The Morgan fingerprint density at radius 1 is 1.00 bits per heavy atom. The van der Waals surface area contributed by atoms with E-state index in [4.69, 9.17) is 18.9 Å². The van der Waals surface area contributed by atoms with Crippen molar-refractivity contribution in [2.45, 2.75) is 13.8 Å². The van der Waals surface area contributed by atoms with Crippen molar-refractivity contribution in [3.8, 4) is 23.0 Å². The molecule has 2 rings (SSSR count). The van der Waals surface area contributed by atoms with Gasteiger partial charge in [-0.1, -0.05) is 17.7 Å². The minimum Gasteiger partial charge on any atom is -0.493 e. The molecule has 0 radical (unpaired) electrons. The minimum absolute atomic E-state index is 0.128. The van der Waals surface area contributed by atoms with Crippen LogP contribution in [0.25, 0.3) is 0 Å². The molecule has 0 aliphatic rings. The van der Waals surface area contributed by atoms with Gasteiger partial charge in [-0.25, -0.2) is 5.43 Å². The summed E-state index contributed by atoms with van der Waals surface area (Å²) in [5.41, 5.74) is 5.22. The Labute approximate surface area is 158 Å². The van der Waals surface area contributed by atoms with Crippen LogP contribution < -0.4 is 24.4 Å². The molecule has 1 amide bonds. The number of carbonyl (C=O) groups excluding carboxylic acids is 1. The molecule has 0 bridgehead atoms. The maximum Gasteiger partial charge on any atom is 0.277 e. The Balaban J connectivity index is 1.97. The fourth-order valence-electron chi connectivity index (χ4n) is 2.49. The van der Waals surface area contributed by atoms with E-state index in [1.165, 1.54) is 27.5 Å². The van der Waals surface area contributed by atoms with E-state index < -0.39 is 0 Å². The molecule has 0 aromatic heterocycles. The smallest absolute Gasteiger partial charge is 0.277 e. The van der Waals surface area contributed by atoms with Crippen molar-refractivity contribution in [3.63, 3.8) is 0 Å². The number of nitrogens with zero attached hydrogens (tertiary/aromatic N) is 1. The van der Waals surface area contributed by atoms with E-state index in [2.05, 4.69) is 10.5 Å². The standard InChI is InChI=1S/C20H24N2O5/c1-13-6-7-16(14(2)8-13)27-12-19(23)22-21-11-15-9-17(24-3)20(26-5)18(10-15)25-4/h6-11H,12H2,1-5H3,(H,22,23)/b21-11+. The third-order valence-corrected chi connectivity index (χ3v) is 3.78. The summed E-state index contributed by atoms with van der Waals surface area (Å²) in [6.07, 6.45) is 1.49. The van der Waals surface area contributed by atoms with E-state index in [0.717, 1.165) is 11.1 Å². The van der Waals surface area contributed by atoms with Crippen molar-refractivity contribution >= 4 is 12.1 Å². The Morgan fingerprint density at radius 2 is 1.67 bits per heavy atom. The summed E-state index contributed by atoms with van der Waals surface area (Å²) in [6.45, 7) is 3.81. The Hall–Kier alpha value is -3.22. The lowest BCUT2D eigenvalue weighted by Crippen LogP contribution is -2.24. The van der Waals surface area contributed by atoms with Gasteiger partial charge in [0.2, 0.25) is 5.75 Å². The van der Waals surface area contributed by atoms with Gasteiger partial charge in [0, 0.05) is 5.56 Å². The number of rotatable bonds is 8. The van der Waals surface area contributed by atoms with Gasteiger partial charge in [0.25, 0.3) is 5.91 Å². The number of hydrogen-bond acceptors (Lipinski definition) is 6. The molecule has 7 nitrogen and oxygen atoms in total. The maximum absolute atomic E-state index is 11.9. The van der Waals surface area contributed by atoms with Gasteiger partial charge < -0.3 is 18.9 Å². The Morgan fingerprint density at radius 3 is 2.22 bits per heavy atom. The zero-order valence-corrected chi connectivity index (χ0v) is 16.2. The summed E-state index contributed by atoms with van der Waals surface area (Å²) < 4.78 is 21.3. The van der Waals surface area contributed by atoms with E-state index in [0.29, 0.717) is 28.6 Å². The van der Waals surface area contributed by atoms with Gasteiger partial charge in [0.15, 0.2) is 18.1 Å². The highest BCUT2D eigenvalue weighted by atomic mass is 16.5. The van der Waals surface area contributed by atoms with Crippen molar-refractivity contribution < 1.29 is 23.7 Å². The van der Waals surface area contributed by atoms with Crippen LogP contribution in [-0.2, 0) is 4.79 Å². The molecular formula is C20H24N2O5. The quantitative estimate of drug-likeness (QED) is 0.569. The fourth-order valence-corrected chi connectivity index (χ4v) is 2.49. The molecule has 0 fully saturated rings. The van der Waals surface area contributed by atoms with Crippen LogP contribution in [0.15, 0.2) is 35.4 Å². The lowest BCUT2D eigenvalue weighted by atomic mass is 10.1. The second kappa shape index (κ2) is 9.47. The van der Waals surface area contributed by atoms with E-state index in [1.54, 1.807) is 12.1 Å². The minimum atomic E-state index is -0.362. The Kier molecular flexibility index (Phi) is 7.05. The number of hydrogen-bond donors (Lipinski definition) is 1. The van der Waals surface area contributed by atoms with E-state index in [1.807, 2.05) is 32.0 Å². The van der Waals surface area contributed by atoms with Gasteiger partial charge in [-0.2, -0.15) is 5.10 Å². The zero-order chi connectivity index (χ0) is 19.8. The molecule has 0 unspecified atom stereocenters. The summed E-state index contributed by atoms with van der Waals surface area (Å²) in [7, 11) is 4.60. The van der Waals surface area contributed by atoms with Crippen LogP contribution in [0.4, 0.5) is 0 Å². The number of carbonyl (C=O) groups is 1. The normalized spacial score (nSPS) is 10.6. The summed E-state index contributed by atoms with van der Waals surface area (Å²) in [6, 6.07) is 9.22. The van der Waals surface area contributed by atoms with Crippen molar-refractivity contribution in [1.82, 2.24) is 5.43 Å². The molecule has 27 heavy (non-hydrogen) atoms. The van der Waals surface area contributed by atoms with Crippen LogP contribution in [0.3, 0.4) is 0 Å². The number of ether oxygens (including phenoxy) is 4. The molecular weight excluding hydrogens is 348 g/mol. The van der Waals surface area contributed by atoms with Crippen LogP contribution >= 0.6 is 0 Å². The molecule has 7 heteroatoms. The van der Waals surface area contributed by atoms with Crippen LogP contribution in [0.5, 0.6) is 23.0 Å². The number of benzene rings is 2. The molecule has 0 aliphatic carbocycles. The average Bonchev–Trinajstić information content (AvgIpc) is 2.66. The van der Waals surface area contributed by atoms with Crippen LogP contribution in [0.2, 0.25) is 0 Å². The van der Waals surface area contributed by atoms with Gasteiger partial charge in [-0.05, 0) is 37.6 Å². The van der Waals surface area contributed by atoms with Gasteiger partial charge in [-0.3, -0.25) is 4.79 Å². The largest absolute Gasteiger partial charge is 0.493 e. The third-order valence-electron chi connectivity index (χ3n) is 3.78. The first kappa shape index (κ1) is 20.1. The SMILES string of the molecule is COc1cc(/C=N/NC(=O)COc2ccc(C)cc2C)cc(OC)c1OC. The van der Waals surface area contributed by atoms with Gasteiger partial charge >= 0.3 is 0 Å². The monoisotopic (exact) mass is 372 g/mol. The fraction of sp³-hybridized carbons (Fsp3) is 0.300. The lowest BCUT2D eigenvalue weighted by Gasteiger charge is -2.12. The predicted octanol–water partition coefficient (Wildman–Crippen LogP) is 2.86. The molecule has 0 saturated heterocycles. The molecule has 1 N–H and O–H groups in total. The van der Waals surface area contributed by atoms with Crippen molar-refractivity contribution in [2.75, 3.05) is 27.9 Å². The van der Waals surface area contributed by atoms with Gasteiger partial charge in [0.05, 0.1) is 27.5 Å². The molecule has 0 aliphatic heterocycles. The lowest BCUT2D eigenvalue weighted by molar-refractivity contribution is -0.123. The van der Waals surface area contributed by atoms with E-state index in [-0.39, 0.29) is 12.5 Å². The van der Waals surface area contributed by atoms with Gasteiger partial charge in [0.1, 0.15) is 5.75 Å². The average molecular weight is 372 g/mol. The second-order valence-electron chi connectivity index (χ2n) is 5.81. The number of amides is 1. The van der Waals surface area contributed by atoms with Crippen LogP contribution in [0.1, 0.15) is 16.7 Å². The number of nitrogens with one attached hydrogen (secondary N) is 1. The van der Waals surface area contributed by atoms with Crippen LogP contribution in [0, 0.1) is 13.8 Å². The highest BCUT2D eigenvalue weighted by molar-refractivity contribution is 5.84.